The lowest BCUT2D eigenvalue weighted by Gasteiger charge is -2.20. The van der Waals surface area contributed by atoms with Gasteiger partial charge >= 0.3 is 0 Å². The van der Waals surface area contributed by atoms with E-state index in [2.05, 4.69) is 4.98 Å². The van der Waals surface area contributed by atoms with E-state index in [0.717, 1.165) is 16.4 Å². The van der Waals surface area contributed by atoms with Gasteiger partial charge in [-0.1, -0.05) is 0 Å². The van der Waals surface area contributed by atoms with Crippen molar-refractivity contribution in [1.29, 1.82) is 0 Å². The normalized spacial score (nSPS) is 11.2. The van der Waals surface area contributed by atoms with Gasteiger partial charge in [-0.05, 0) is 24.3 Å². The van der Waals surface area contributed by atoms with Crippen molar-refractivity contribution in [1.82, 2.24) is 4.98 Å². The van der Waals surface area contributed by atoms with Gasteiger partial charge in [-0.2, -0.15) is 0 Å². The van der Waals surface area contributed by atoms with Crippen LogP contribution in [0.2, 0.25) is 0 Å². The van der Waals surface area contributed by atoms with Crippen LogP contribution in [0.4, 0.5) is 15.8 Å². The van der Waals surface area contributed by atoms with Gasteiger partial charge in [0.2, 0.25) is 0 Å². The molecule has 0 saturated heterocycles. The summed E-state index contributed by atoms with van der Waals surface area (Å²) in [6.45, 7) is 0. The second-order valence-corrected chi connectivity index (χ2v) is 6.17. The summed E-state index contributed by atoms with van der Waals surface area (Å²) < 4.78 is 44.6. The Morgan fingerprint density at radius 3 is 2.43 bits per heavy atom. The molecule has 0 radical (unpaired) electrons. The Hall–Kier alpha value is -2.35. The van der Waals surface area contributed by atoms with Gasteiger partial charge in [0.05, 0.1) is 23.4 Å². The second-order valence-electron chi connectivity index (χ2n) is 4.21. The number of anilines is 2. The average molecular weight is 311 g/mol. The lowest BCUT2D eigenvalue weighted by molar-refractivity contribution is 0.388. The predicted molar refractivity (Wildman–Crippen MR) is 77.2 cm³/mol. The van der Waals surface area contributed by atoms with Crippen molar-refractivity contribution in [2.24, 2.45) is 0 Å². The minimum Gasteiger partial charge on any atom is -0.492 e. The predicted octanol–water partition coefficient (Wildman–Crippen LogP) is 1.64. The summed E-state index contributed by atoms with van der Waals surface area (Å²) >= 11 is 0. The fraction of sp³-hybridized carbons (Fsp3) is 0.154. The highest BCUT2D eigenvalue weighted by atomic mass is 32.2. The van der Waals surface area contributed by atoms with Crippen molar-refractivity contribution in [2.75, 3.05) is 24.2 Å². The Labute approximate surface area is 122 Å². The molecule has 0 unspecified atom stereocenters. The van der Waals surface area contributed by atoms with Gasteiger partial charge in [0.25, 0.3) is 10.0 Å². The first kappa shape index (κ1) is 15.0. The Morgan fingerprint density at radius 1 is 1.29 bits per heavy atom. The van der Waals surface area contributed by atoms with E-state index in [9.17, 15) is 12.8 Å². The number of aromatic nitrogens is 1. The zero-order chi connectivity index (χ0) is 15.6. The number of hydrogen-bond acceptors (Lipinski definition) is 5. The molecule has 8 heteroatoms. The number of sulfonamides is 1. The summed E-state index contributed by atoms with van der Waals surface area (Å²) in [6.07, 6.45) is 2.93. The molecule has 0 aliphatic rings. The maximum atomic E-state index is 13.8. The number of rotatable bonds is 4. The highest BCUT2D eigenvalue weighted by Crippen LogP contribution is 2.30. The zero-order valence-electron chi connectivity index (χ0n) is 11.4. The molecule has 2 rings (SSSR count). The highest BCUT2D eigenvalue weighted by molar-refractivity contribution is 7.92. The van der Waals surface area contributed by atoms with Gasteiger partial charge in [0, 0.05) is 19.4 Å². The first-order valence-corrected chi connectivity index (χ1v) is 7.34. The van der Waals surface area contributed by atoms with Crippen LogP contribution < -0.4 is 14.8 Å². The Morgan fingerprint density at radius 2 is 1.90 bits per heavy atom. The average Bonchev–Trinajstić information content (AvgIpc) is 2.47. The summed E-state index contributed by atoms with van der Waals surface area (Å²) in [4.78, 5) is 3.56. The first-order chi connectivity index (χ1) is 9.87. The lowest BCUT2D eigenvalue weighted by Crippen LogP contribution is -2.26. The molecule has 0 aliphatic carbocycles. The van der Waals surface area contributed by atoms with E-state index < -0.39 is 15.8 Å². The Bertz CT molecular complexity index is 728. The van der Waals surface area contributed by atoms with Crippen LogP contribution in [-0.4, -0.2) is 27.6 Å². The molecule has 2 N–H and O–H groups in total. The van der Waals surface area contributed by atoms with Gasteiger partial charge in [-0.3, -0.25) is 9.29 Å². The number of ether oxygens (including phenoxy) is 1. The molecular weight excluding hydrogens is 297 g/mol. The first-order valence-electron chi connectivity index (χ1n) is 5.90. The van der Waals surface area contributed by atoms with Crippen LogP contribution in [0.3, 0.4) is 0 Å². The fourth-order valence-corrected chi connectivity index (χ4v) is 3.05. The monoisotopic (exact) mass is 311 g/mol. The molecule has 0 atom stereocenters. The van der Waals surface area contributed by atoms with Crippen molar-refractivity contribution >= 4 is 21.4 Å². The molecule has 6 nitrogen and oxygen atoms in total. The van der Waals surface area contributed by atoms with Crippen molar-refractivity contribution in [2.45, 2.75) is 4.90 Å². The van der Waals surface area contributed by atoms with E-state index in [0.29, 0.717) is 5.69 Å². The molecule has 21 heavy (non-hydrogen) atoms. The molecule has 2 aromatic rings. The van der Waals surface area contributed by atoms with Crippen LogP contribution in [-0.2, 0) is 10.0 Å². The van der Waals surface area contributed by atoms with E-state index in [1.54, 1.807) is 0 Å². The maximum Gasteiger partial charge on any atom is 0.264 e. The maximum absolute atomic E-state index is 13.8. The van der Waals surface area contributed by atoms with Gasteiger partial charge in [-0.25, -0.2) is 12.8 Å². The van der Waals surface area contributed by atoms with Gasteiger partial charge in [0.15, 0.2) is 11.6 Å². The third-order valence-corrected chi connectivity index (χ3v) is 4.70. The summed E-state index contributed by atoms with van der Waals surface area (Å²) in [6, 6.07) is 5.10. The minimum absolute atomic E-state index is 0.0841. The molecular formula is C13H14FN3O3S. The number of nitrogens with zero attached hydrogens (tertiary/aromatic N) is 2. The van der Waals surface area contributed by atoms with Crippen molar-refractivity contribution in [3.05, 3.63) is 42.5 Å². The second kappa shape index (κ2) is 5.57. The zero-order valence-corrected chi connectivity index (χ0v) is 12.3. The summed E-state index contributed by atoms with van der Waals surface area (Å²) in [5, 5.41) is 0. The molecule has 0 aliphatic heterocycles. The molecule has 0 spiro atoms. The number of methoxy groups -OCH3 is 1. The van der Waals surface area contributed by atoms with E-state index in [4.69, 9.17) is 10.5 Å². The summed E-state index contributed by atoms with van der Waals surface area (Å²) in [7, 11) is -1.31. The van der Waals surface area contributed by atoms with Crippen LogP contribution in [0.15, 0.2) is 41.6 Å². The summed E-state index contributed by atoms with van der Waals surface area (Å²) in [5.74, 6) is -1.01. The third kappa shape index (κ3) is 2.75. The Balaban J connectivity index is 2.50. The van der Waals surface area contributed by atoms with E-state index in [-0.39, 0.29) is 16.3 Å². The number of halogens is 1. The number of hydrogen-bond donors (Lipinski definition) is 1. The van der Waals surface area contributed by atoms with Crippen molar-refractivity contribution in [3.63, 3.8) is 0 Å². The molecule has 0 amide bonds. The highest BCUT2D eigenvalue weighted by Gasteiger charge is 2.24. The smallest absolute Gasteiger partial charge is 0.264 e. The quantitative estimate of drug-likeness (QED) is 0.868. The molecule has 1 heterocycles. The number of nitrogen functional groups attached to an aromatic ring is 1. The van der Waals surface area contributed by atoms with Crippen LogP contribution in [0, 0.1) is 5.82 Å². The molecule has 112 valence electrons. The van der Waals surface area contributed by atoms with Gasteiger partial charge < -0.3 is 10.5 Å². The van der Waals surface area contributed by atoms with E-state index in [1.807, 2.05) is 0 Å². The van der Waals surface area contributed by atoms with Crippen LogP contribution in [0.5, 0.6) is 5.75 Å². The topological polar surface area (TPSA) is 85.5 Å². The number of benzene rings is 1. The molecule has 0 fully saturated rings. The third-order valence-electron chi connectivity index (χ3n) is 2.93. The van der Waals surface area contributed by atoms with Gasteiger partial charge in [-0.15, -0.1) is 0 Å². The van der Waals surface area contributed by atoms with Crippen LogP contribution in [0.25, 0.3) is 0 Å². The van der Waals surface area contributed by atoms with Gasteiger partial charge in [0.1, 0.15) is 0 Å². The van der Waals surface area contributed by atoms with Crippen LogP contribution in [0.1, 0.15) is 0 Å². The largest absolute Gasteiger partial charge is 0.492 e. The van der Waals surface area contributed by atoms with Crippen molar-refractivity contribution < 1.29 is 17.5 Å². The van der Waals surface area contributed by atoms with Crippen LogP contribution >= 0.6 is 0 Å². The number of pyridine rings is 1. The van der Waals surface area contributed by atoms with E-state index >= 15 is 0 Å². The molecule has 0 bridgehead atoms. The Kier molecular flexibility index (Phi) is 3.99. The lowest BCUT2D eigenvalue weighted by atomic mass is 10.3. The molecule has 1 aromatic carbocycles. The molecule has 1 aromatic heterocycles. The standard InChI is InChI=1S/C13H14FN3O3S/c1-17(9-3-5-16-6-4-9)21(18,19)10-7-11(14)13(20-2)12(15)8-10/h3-8H,15H2,1-2H3. The summed E-state index contributed by atoms with van der Waals surface area (Å²) in [5.41, 5.74) is 5.93. The minimum atomic E-state index is -3.93. The number of nitrogens with two attached hydrogens (primary N) is 1. The fourth-order valence-electron chi connectivity index (χ4n) is 1.80. The van der Waals surface area contributed by atoms with E-state index in [1.165, 1.54) is 38.7 Å². The molecule has 0 saturated carbocycles. The SMILES string of the molecule is COc1c(N)cc(S(=O)(=O)N(C)c2ccncc2)cc1F. The van der Waals surface area contributed by atoms with Crippen molar-refractivity contribution in [3.8, 4) is 5.75 Å².